The largest absolute Gasteiger partial charge is 0.335 e. The van der Waals surface area contributed by atoms with Crippen molar-refractivity contribution in [3.8, 4) is 0 Å². The lowest BCUT2D eigenvalue weighted by Crippen LogP contribution is -2.35. The molecule has 5 nitrogen and oxygen atoms in total. The smallest absolute Gasteiger partial charge is 0.289 e. The summed E-state index contributed by atoms with van der Waals surface area (Å²) in [7, 11) is 2.09. The van der Waals surface area contributed by atoms with Crippen molar-refractivity contribution in [3.63, 3.8) is 0 Å². The number of nitrogens with zero attached hydrogens (tertiary/aromatic N) is 3. The van der Waals surface area contributed by atoms with Gasteiger partial charge in [0.15, 0.2) is 5.82 Å². The van der Waals surface area contributed by atoms with Crippen LogP contribution >= 0.6 is 0 Å². The third-order valence-electron chi connectivity index (χ3n) is 3.60. The molecule has 0 aliphatic carbocycles. The van der Waals surface area contributed by atoms with E-state index in [1.54, 1.807) is 0 Å². The van der Waals surface area contributed by atoms with Gasteiger partial charge in [0, 0.05) is 19.6 Å². The maximum Gasteiger partial charge on any atom is 0.289 e. The van der Waals surface area contributed by atoms with Gasteiger partial charge in [-0.3, -0.25) is 4.79 Å². The number of hydrogen-bond donors (Lipinski definition) is 1. The summed E-state index contributed by atoms with van der Waals surface area (Å²) in [6.45, 7) is 3.54. The van der Waals surface area contributed by atoms with Gasteiger partial charge < -0.3 is 14.8 Å². The second-order valence-corrected chi connectivity index (χ2v) is 5.05. The van der Waals surface area contributed by atoms with Crippen LogP contribution in [0, 0.1) is 0 Å². The van der Waals surface area contributed by atoms with E-state index >= 15 is 0 Å². The Kier molecular flexibility index (Phi) is 3.21. The van der Waals surface area contributed by atoms with E-state index in [2.05, 4.69) is 21.9 Å². The molecule has 0 unspecified atom stereocenters. The van der Waals surface area contributed by atoms with Crippen molar-refractivity contribution in [1.82, 2.24) is 19.8 Å². The van der Waals surface area contributed by atoms with E-state index in [9.17, 15) is 4.79 Å². The Morgan fingerprint density at radius 1 is 1.21 bits per heavy atom. The lowest BCUT2D eigenvalue weighted by Gasteiger charge is -2.19. The number of likely N-dealkylation sites (N-methyl/N-ethyl adjacent to an activating group) is 1. The molecule has 5 heteroatoms. The number of hydrogen-bond acceptors (Lipinski definition) is 3. The number of carbonyl (C=O) groups excluding carboxylic acids is 1. The third kappa shape index (κ3) is 2.46. The molecule has 100 valence electrons. The molecule has 1 aliphatic heterocycles. The molecule has 0 bridgehead atoms. The quantitative estimate of drug-likeness (QED) is 0.840. The van der Waals surface area contributed by atoms with Gasteiger partial charge in [-0.05, 0) is 32.1 Å². The lowest BCUT2D eigenvalue weighted by molar-refractivity contribution is 0.0752. The Bertz CT molecular complexity index is 559. The normalized spacial score (nSPS) is 17.6. The van der Waals surface area contributed by atoms with Crippen LogP contribution in [0.15, 0.2) is 24.3 Å². The first kappa shape index (κ1) is 12.2. The van der Waals surface area contributed by atoms with E-state index < -0.39 is 0 Å². The third-order valence-corrected chi connectivity index (χ3v) is 3.60. The van der Waals surface area contributed by atoms with Gasteiger partial charge in [-0.15, -0.1) is 0 Å². The predicted molar refractivity (Wildman–Crippen MR) is 74.1 cm³/mol. The van der Waals surface area contributed by atoms with Crippen molar-refractivity contribution in [1.29, 1.82) is 0 Å². The maximum atomic E-state index is 12.4. The molecule has 0 radical (unpaired) electrons. The van der Waals surface area contributed by atoms with Crippen LogP contribution in [0.5, 0.6) is 0 Å². The molecular weight excluding hydrogens is 240 g/mol. The highest BCUT2D eigenvalue weighted by Gasteiger charge is 2.21. The second-order valence-electron chi connectivity index (χ2n) is 5.05. The van der Waals surface area contributed by atoms with Crippen LogP contribution in [-0.2, 0) is 0 Å². The van der Waals surface area contributed by atoms with Crippen molar-refractivity contribution in [2.24, 2.45) is 0 Å². The zero-order valence-corrected chi connectivity index (χ0v) is 11.1. The van der Waals surface area contributed by atoms with Crippen molar-refractivity contribution < 1.29 is 4.79 Å². The molecule has 2 aromatic rings. The number of aromatic amines is 1. The highest BCUT2D eigenvalue weighted by atomic mass is 16.2. The predicted octanol–water partition coefficient (Wildman–Crippen LogP) is 1.34. The summed E-state index contributed by atoms with van der Waals surface area (Å²) in [5.74, 6) is 0.456. The van der Waals surface area contributed by atoms with E-state index in [-0.39, 0.29) is 5.91 Å². The van der Waals surface area contributed by atoms with E-state index in [4.69, 9.17) is 0 Å². The van der Waals surface area contributed by atoms with Crippen LogP contribution in [0.3, 0.4) is 0 Å². The molecule has 0 atom stereocenters. The first-order valence-corrected chi connectivity index (χ1v) is 6.66. The molecule has 1 amide bonds. The van der Waals surface area contributed by atoms with Gasteiger partial charge in [0.1, 0.15) is 0 Å². The molecule has 3 rings (SSSR count). The first-order chi connectivity index (χ1) is 9.24. The highest BCUT2D eigenvalue weighted by molar-refractivity contribution is 5.94. The first-order valence-electron chi connectivity index (χ1n) is 6.66. The van der Waals surface area contributed by atoms with Crippen LogP contribution in [0.1, 0.15) is 17.0 Å². The molecule has 19 heavy (non-hydrogen) atoms. The molecule has 2 heterocycles. The zero-order valence-electron chi connectivity index (χ0n) is 11.1. The molecule has 1 saturated heterocycles. The van der Waals surface area contributed by atoms with Gasteiger partial charge in [-0.1, -0.05) is 12.1 Å². The SMILES string of the molecule is CN1CCCN(C(=O)c2nc3ccccc3[nH]2)CC1. The van der Waals surface area contributed by atoms with Gasteiger partial charge >= 0.3 is 0 Å². The van der Waals surface area contributed by atoms with E-state index in [0.717, 1.165) is 43.6 Å². The molecule has 1 aromatic heterocycles. The topological polar surface area (TPSA) is 52.2 Å². The second kappa shape index (κ2) is 5.01. The average Bonchev–Trinajstić information content (AvgIpc) is 2.74. The summed E-state index contributed by atoms with van der Waals surface area (Å²) < 4.78 is 0. The van der Waals surface area contributed by atoms with Crippen LogP contribution in [-0.4, -0.2) is 58.9 Å². The number of rotatable bonds is 1. The monoisotopic (exact) mass is 258 g/mol. The minimum absolute atomic E-state index is 0.00602. The molecule has 1 aliphatic rings. The number of nitrogens with one attached hydrogen (secondary N) is 1. The Morgan fingerprint density at radius 3 is 2.89 bits per heavy atom. The number of imidazole rings is 1. The van der Waals surface area contributed by atoms with Crippen molar-refractivity contribution in [3.05, 3.63) is 30.1 Å². The molecule has 1 N–H and O–H groups in total. The molecule has 0 saturated carbocycles. The Balaban J connectivity index is 1.82. The number of carbonyl (C=O) groups is 1. The summed E-state index contributed by atoms with van der Waals surface area (Å²) in [5, 5.41) is 0. The lowest BCUT2D eigenvalue weighted by atomic mass is 10.3. The number of fused-ring (bicyclic) bond motifs is 1. The summed E-state index contributed by atoms with van der Waals surface area (Å²) in [6, 6.07) is 7.72. The maximum absolute atomic E-state index is 12.4. The van der Waals surface area contributed by atoms with Crippen molar-refractivity contribution in [2.45, 2.75) is 6.42 Å². The number of para-hydroxylation sites is 2. The summed E-state index contributed by atoms with van der Waals surface area (Å²) in [4.78, 5) is 24.1. The van der Waals surface area contributed by atoms with Crippen molar-refractivity contribution >= 4 is 16.9 Å². The zero-order chi connectivity index (χ0) is 13.2. The average molecular weight is 258 g/mol. The summed E-state index contributed by atoms with van der Waals surface area (Å²) >= 11 is 0. The van der Waals surface area contributed by atoms with Crippen molar-refractivity contribution in [2.75, 3.05) is 33.2 Å². The van der Waals surface area contributed by atoms with Crippen LogP contribution in [0.2, 0.25) is 0 Å². The fourth-order valence-electron chi connectivity index (χ4n) is 2.45. The fraction of sp³-hybridized carbons (Fsp3) is 0.429. The van der Waals surface area contributed by atoms with Crippen LogP contribution in [0.25, 0.3) is 11.0 Å². The highest BCUT2D eigenvalue weighted by Crippen LogP contribution is 2.12. The minimum Gasteiger partial charge on any atom is -0.335 e. The van der Waals surface area contributed by atoms with E-state index in [1.807, 2.05) is 29.2 Å². The van der Waals surface area contributed by atoms with E-state index in [1.165, 1.54) is 0 Å². The van der Waals surface area contributed by atoms with Gasteiger partial charge in [0.25, 0.3) is 5.91 Å². The number of H-pyrrole nitrogens is 1. The number of aromatic nitrogens is 2. The van der Waals surface area contributed by atoms with Gasteiger partial charge in [-0.2, -0.15) is 0 Å². The fourth-order valence-corrected chi connectivity index (χ4v) is 2.45. The van der Waals surface area contributed by atoms with E-state index in [0.29, 0.717) is 5.82 Å². The Morgan fingerprint density at radius 2 is 2.05 bits per heavy atom. The Hall–Kier alpha value is -1.88. The standard InChI is InChI=1S/C14H18N4O/c1-17-7-4-8-18(10-9-17)14(19)13-15-11-5-2-3-6-12(11)16-13/h2-3,5-6H,4,7-10H2,1H3,(H,15,16). The van der Waals surface area contributed by atoms with Crippen LogP contribution < -0.4 is 0 Å². The number of amides is 1. The van der Waals surface area contributed by atoms with Crippen LogP contribution in [0.4, 0.5) is 0 Å². The molecular formula is C14H18N4O. The number of benzene rings is 1. The van der Waals surface area contributed by atoms with Gasteiger partial charge in [0.05, 0.1) is 11.0 Å². The van der Waals surface area contributed by atoms with Gasteiger partial charge in [-0.25, -0.2) is 4.98 Å². The molecule has 1 aromatic carbocycles. The molecule has 0 spiro atoms. The minimum atomic E-state index is 0.00602. The summed E-state index contributed by atoms with van der Waals surface area (Å²) in [5.41, 5.74) is 1.76. The molecule has 1 fully saturated rings. The summed E-state index contributed by atoms with van der Waals surface area (Å²) in [6.07, 6.45) is 1.02. The Labute approximate surface area is 112 Å². The van der Waals surface area contributed by atoms with Gasteiger partial charge in [0.2, 0.25) is 0 Å².